The minimum Gasteiger partial charge on any atom is -0.444 e. The van der Waals surface area contributed by atoms with Gasteiger partial charge in [0.2, 0.25) is 5.89 Å². The van der Waals surface area contributed by atoms with E-state index in [0.29, 0.717) is 18.4 Å². The first-order chi connectivity index (χ1) is 9.29. The van der Waals surface area contributed by atoms with Crippen LogP contribution in [0.2, 0.25) is 0 Å². The summed E-state index contributed by atoms with van der Waals surface area (Å²) in [7, 11) is 0. The standard InChI is InChI=1S/C14H18N4O/c1-2-8-16-14(15)17-9-12-10-19-13(18-12)11-6-4-3-5-7-11/h3-7,10H,2,8-9H2,1H3,(H3,15,16,17). The summed E-state index contributed by atoms with van der Waals surface area (Å²) in [6, 6.07) is 9.76. The van der Waals surface area contributed by atoms with Crippen molar-refractivity contribution in [3.8, 4) is 11.5 Å². The molecular weight excluding hydrogens is 240 g/mol. The minimum absolute atomic E-state index is 0.416. The van der Waals surface area contributed by atoms with Gasteiger partial charge in [0.05, 0.1) is 6.54 Å². The maximum atomic E-state index is 5.71. The molecule has 2 aromatic rings. The first-order valence-electron chi connectivity index (χ1n) is 6.33. The highest BCUT2D eigenvalue weighted by Gasteiger charge is 2.05. The molecule has 1 aromatic carbocycles. The molecule has 0 amide bonds. The Hall–Kier alpha value is -2.30. The first-order valence-corrected chi connectivity index (χ1v) is 6.33. The van der Waals surface area contributed by atoms with Gasteiger partial charge in [0.25, 0.3) is 0 Å². The molecule has 5 nitrogen and oxygen atoms in total. The van der Waals surface area contributed by atoms with Gasteiger partial charge in [-0.25, -0.2) is 9.98 Å². The average Bonchev–Trinajstić information content (AvgIpc) is 2.93. The zero-order valence-corrected chi connectivity index (χ0v) is 11.0. The molecule has 2 rings (SSSR count). The van der Waals surface area contributed by atoms with Gasteiger partial charge >= 0.3 is 0 Å². The molecule has 1 heterocycles. The van der Waals surface area contributed by atoms with E-state index in [1.807, 2.05) is 30.3 Å². The van der Waals surface area contributed by atoms with Crippen molar-refractivity contribution in [3.63, 3.8) is 0 Å². The zero-order chi connectivity index (χ0) is 13.5. The lowest BCUT2D eigenvalue weighted by Gasteiger charge is -2.01. The van der Waals surface area contributed by atoms with E-state index in [9.17, 15) is 0 Å². The number of nitrogens with zero attached hydrogens (tertiary/aromatic N) is 2. The third-order valence-electron chi connectivity index (χ3n) is 2.54. The van der Waals surface area contributed by atoms with Gasteiger partial charge in [-0.05, 0) is 18.6 Å². The van der Waals surface area contributed by atoms with Gasteiger partial charge in [0.15, 0.2) is 5.96 Å². The number of hydrogen-bond donors (Lipinski definition) is 2. The number of rotatable bonds is 5. The summed E-state index contributed by atoms with van der Waals surface area (Å²) in [4.78, 5) is 8.58. The Morgan fingerprint density at radius 1 is 1.37 bits per heavy atom. The summed E-state index contributed by atoms with van der Waals surface area (Å²) in [6.45, 7) is 3.31. The molecule has 100 valence electrons. The smallest absolute Gasteiger partial charge is 0.226 e. The monoisotopic (exact) mass is 258 g/mol. The van der Waals surface area contributed by atoms with E-state index in [2.05, 4.69) is 22.2 Å². The highest BCUT2D eigenvalue weighted by molar-refractivity contribution is 5.77. The van der Waals surface area contributed by atoms with Crippen molar-refractivity contribution in [1.29, 1.82) is 0 Å². The topological polar surface area (TPSA) is 76.4 Å². The summed E-state index contributed by atoms with van der Waals surface area (Å²) >= 11 is 0. The van der Waals surface area contributed by atoms with Crippen LogP contribution in [0.1, 0.15) is 19.0 Å². The fraction of sp³-hybridized carbons (Fsp3) is 0.286. The molecular formula is C14H18N4O. The SMILES string of the molecule is CCCNC(N)=NCc1coc(-c2ccccc2)n1. The maximum absolute atomic E-state index is 5.71. The predicted molar refractivity (Wildman–Crippen MR) is 75.6 cm³/mol. The lowest BCUT2D eigenvalue weighted by molar-refractivity contribution is 0.572. The van der Waals surface area contributed by atoms with Crippen LogP contribution >= 0.6 is 0 Å². The summed E-state index contributed by atoms with van der Waals surface area (Å²) in [5.41, 5.74) is 7.42. The molecule has 0 unspecified atom stereocenters. The highest BCUT2D eigenvalue weighted by atomic mass is 16.3. The van der Waals surface area contributed by atoms with Gasteiger partial charge in [-0.15, -0.1) is 0 Å². The Kier molecular flexibility index (Phi) is 4.55. The third kappa shape index (κ3) is 3.84. The number of aliphatic imine (C=N–C) groups is 1. The van der Waals surface area contributed by atoms with Gasteiger partial charge in [-0.1, -0.05) is 25.1 Å². The molecule has 0 radical (unpaired) electrons. The molecule has 5 heteroatoms. The summed E-state index contributed by atoms with van der Waals surface area (Å²) in [5.74, 6) is 1.04. The molecule has 3 N–H and O–H groups in total. The highest BCUT2D eigenvalue weighted by Crippen LogP contribution is 2.18. The molecule has 0 aliphatic carbocycles. The van der Waals surface area contributed by atoms with E-state index >= 15 is 0 Å². The van der Waals surface area contributed by atoms with Crippen molar-refractivity contribution in [2.24, 2.45) is 10.7 Å². The van der Waals surface area contributed by atoms with Gasteiger partial charge < -0.3 is 15.5 Å². The second-order valence-electron chi connectivity index (χ2n) is 4.14. The third-order valence-corrected chi connectivity index (χ3v) is 2.54. The number of hydrogen-bond acceptors (Lipinski definition) is 3. The van der Waals surface area contributed by atoms with Gasteiger partial charge in [0.1, 0.15) is 12.0 Å². The van der Waals surface area contributed by atoms with Crippen LogP contribution < -0.4 is 11.1 Å². The number of aromatic nitrogens is 1. The fourth-order valence-electron chi connectivity index (χ4n) is 1.57. The van der Waals surface area contributed by atoms with E-state index in [-0.39, 0.29) is 0 Å². The van der Waals surface area contributed by atoms with Crippen molar-refractivity contribution >= 4 is 5.96 Å². The molecule has 0 aliphatic rings. The fourth-order valence-corrected chi connectivity index (χ4v) is 1.57. The van der Waals surface area contributed by atoms with Crippen molar-refractivity contribution in [2.75, 3.05) is 6.54 Å². The Balaban J connectivity index is 1.98. The number of oxazole rings is 1. The predicted octanol–water partition coefficient (Wildman–Crippen LogP) is 2.16. The summed E-state index contributed by atoms with van der Waals surface area (Å²) in [5, 5.41) is 3.01. The quantitative estimate of drug-likeness (QED) is 0.636. The molecule has 0 aliphatic heterocycles. The van der Waals surface area contributed by atoms with E-state index in [1.54, 1.807) is 6.26 Å². The van der Waals surface area contributed by atoms with Crippen molar-refractivity contribution in [3.05, 3.63) is 42.3 Å². The number of nitrogens with one attached hydrogen (secondary N) is 1. The lowest BCUT2D eigenvalue weighted by Crippen LogP contribution is -2.32. The lowest BCUT2D eigenvalue weighted by atomic mass is 10.2. The van der Waals surface area contributed by atoms with Crippen LogP contribution in [0.15, 0.2) is 46.0 Å². The Morgan fingerprint density at radius 2 is 2.16 bits per heavy atom. The summed E-state index contributed by atoms with van der Waals surface area (Å²) < 4.78 is 5.42. The van der Waals surface area contributed by atoms with Crippen molar-refractivity contribution in [1.82, 2.24) is 10.3 Å². The van der Waals surface area contributed by atoms with Gasteiger partial charge in [-0.2, -0.15) is 0 Å². The van der Waals surface area contributed by atoms with Crippen LogP contribution in [-0.4, -0.2) is 17.5 Å². The van der Waals surface area contributed by atoms with E-state index in [0.717, 1.165) is 24.2 Å². The minimum atomic E-state index is 0.416. The van der Waals surface area contributed by atoms with Crippen molar-refractivity contribution < 1.29 is 4.42 Å². The van der Waals surface area contributed by atoms with Crippen LogP contribution in [0.25, 0.3) is 11.5 Å². The molecule has 0 spiro atoms. The van der Waals surface area contributed by atoms with Crippen LogP contribution in [0.3, 0.4) is 0 Å². The Morgan fingerprint density at radius 3 is 2.89 bits per heavy atom. The van der Waals surface area contributed by atoms with Crippen LogP contribution in [0, 0.1) is 0 Å². The van der Waals surface area contributed by atoms with Crippen LogP contribution in [0.4, 0.5) is 0 Å². The van der Waals surface area contributed by atoms with Crippen LogP contribution in [0.5, 0.6) is 0 Å². The Labute approximate surface area is 112 Å². The average molecular weight is 258 g/mol. The molecule has 19 heavy (non-hydrogen) atoms. The van der Waals surface area contributed by atoms with Gasteiger partial charge in [0, 0.05) is 12.1 Å². The molecule has 1 aromatic heterocycles. The normalized spacial score (nSPS) is 11.5. The molecule has 0 fully saturated rings. The molecule has 0 saturated heterocycles. The number of guanidine groups is 1. The number of nitrogens with two attached hydrogens (primary N) is 1. The second-order valence-corrected chi connectivity index (χ2v) is 4.14. The molecule has 0 bridgehead atoms. The van der Waals surface area contributed by atoms with Crippen molar-refractivity contribution in [2.45, 2.75) is 19.9 Å². The maximum Gasteiger partial charge on any atom is 0.226 e. The van der Waals surface area contributed by atoms with E-state index in [4.69, 9.17) is 10.2 Å². The zero-order valence-electron chi connectivity index (χ0n) is 11.0. The molecule has 0 atom stereocenters. The van der Waals surface area contributed by atoms with E-state index in [1.165, 1.54) is 0 Å². The second kappa shape index (κ2) is 6.58. The van der Waals surface area contributed by atoms with Crippen LogP contribution in [-0.2, 0) is 6.54 Å². The largest absolute Gasteiger partial charge is 0.444 e. The Bertz CT molecular complexity index is 533. The molecule has 0 saturated carbocycles. The number of benzene rings is 1. The first kappa shape index (κ1) is 13.1. The van der Waals surface area contributed by atoms with E-state index < -0.39 is 0 Å². The van der Waals surface area contributed by atoms with Gasteiger partial charge in [-0.3, -0.25) is 0 Å². The summed E-state index contributed by atoms with van der Waals surface area (Å²) in [6.07, 6.45) is 2.62.